The van der Waals surface area contributed by atoms with Gasteiger partial charge >= 0.3 is 0 Å². The second kappa shape index (κ2) is 8.59. The highest BCUT2D eigenvalue weighted by atomic mass is 35.5. The molecule has 0 aliphatic heterocycles. The number of rotatable bonds is 7. The van der Waals surface area contributed by atoms with Crippen LogP contribution in [0.1, 0.15) is 23.2 Å². The molecule has 2 amide bonds. The molecule has 2 rings (SSSR count). The number of amides is 2. The van der Waals surface area contributed by atoms with Crippen molar-refractivity contribution >= 4 is 11.8 Å². The topological polar surface area (TPSA) is 71.3 Å². The van der Waals surface area contributed by atoms with E-state index in [1.54, 1.807) is 36.2 Å². The monoisotopic (exact) mass is 313 g/mol. The molecule has 6 nitrogen and oxygen atoms in total. The van der Waals surface area contributed by atoms with Gasteiger partial charge in [-0.3, -0.25) is 9.59 Å². The fourth-order valence-electron chi connectivity index (χ4n) is 1.79. The molecule has 116 valence electrons. The van der Waals surface area contributed by atoms with E-state index in [0.29, 0.717) is 24.8 Å². The minimum Gasteiger partial charge on any atom is -1.00 e. The average molecular weight is 314 g/mol. The largest absolute Gasteiger partial charge is 1.00 e. The van der Waals surface area contributed by atoms with Crippen LogP contribution in [0.25, 0.3) is 0 Å². The molecular weight excluding hydrogens is 294 g/mol. The number of nitrogens with zero attached hydrogens (tertiary/aromatic N) is 1. The number of hydrogen-bond acceptors (Lipinski definition) is 3. The fourth-order valence-corrected chi connectivity index (χ4v) is 1.79. The van der Waals surface area contributed by atoms with Crippen LogP contribution in [0, 0.1) is 0 Å². The summed E-state index contributed by atoms with van der Waals surface area (Å²) in [5.74, 6) is -0.187. The summed E-state index contributed by atoms with van der Waals surface area (Å²) in [6.07, 6.45) is 5.59. The minimum atomic E-state index is -0.168. The highest BCUT2D eigenvalue weighted by Crippen LogP contribution is 2.18. The van der Waals surface area contributed by atoms with Crippen LogP contribution in [-0.4, -0.2) is 38.1 Å². The number of aromatic nitrogens is 1. The number of ether oxygens (including phenoxy) is 1. The van der Waals surface area contributed by atoms with Crippen LogP contribution in [0.4, 0.5) is 0 Å². The van der Waals surface area contributed by atoms with Crippen molar-refractivity contribution in [3.05, 3.63) is 30.1 Å². The van der Waals surface area contributed by atoms with Crippen LogP contribution in [0.3, 0.4) is 0 Å². The first-order valence-electron chi connectivity index (χ1n) is 6.74. The Kier molecular flexibility index (Phi) is 7.11. The third-order valence-electron chi connectivity index (χ3n) is 2.98. The van der Waals surface area contributed by atoms with Crippen molar-refractivity contribution in [1.82, 2.24) is 10.6 Å². The summed E-state index contributed by atoms with van der Waals surface area (Å²) in [6.45, 7) is 1.17. The SMILES string of the molecule is COCCNC(=O)c1ccc[n+](CC(=O)NC2CC2)c1.[Cl-]. The van der Waals surface area contributed by atoms with Gasteiger partial charge in [-0.1, -0.05) is 0 Å². The molecule has 21 heavy (non-hydrogen) atoms. The first-order valence-corrected chi connectivity index (χ1v) is 6.74. The molecular formula is C14H20ClN3O3. The van der Waals surface area contributed by atoms with E-state index in [2.05, 4.69) is 10.6 Å². The minimum absolute atomic E-state index is 0. The number of carbonyl (C=O) groups is 2. The summed E-state index contributed by atoms with van der Waals surface area (Å²) in [6, 6.07) is 3.83. The van der Waals surface area contributed by atoms with Crippen molar-refractivity contribution in [2.45, 2.75) is 25.4 Å². The van der Waals surface area contributed by atoms with Gasteiger partial charge in [-0.15, -0.1) is 0 Å². The Morgan fingerprint density at radius 1 is 1.43 bits per heavy atom. The maximum atomic E-state index is 11.9. The van der Waals surface area contributed by atoms with E-state index in [-0.39, 0.29) is 30.8 Å². The lowest BCUT2D eigenvalue weighted by molar-refractivity contribution is -0.684. The van der Waals surface area contributed by atoms with E-state index in [9.17, 15) is 9.59 Å². The Morgan fingerprint density at radius 2 is 2.19 bits per heavy atom. The predicted octanol–water partition coefficient (Wildman–Crippen LogP) is -3.37. The maximum absolute atomic E-state index is 11.9. The Hall–Kier alpha value is -1.66. The van der Waals surface area contributed by atoms with E-state index in [4.69, 9.17) is 4.74 Å². The number of nitrogens with one attached hydrogen (secondary N) is 2. The lowest BCUT2D eigenvalue weighted by Gasteiger charge is -2.04. The predicted molar refractivity (Wildman–Crippen MR) is 72.0 cm³/mol. The number of halogens is 1. The number of pyridine rings is 1. The molecule has 1 fully saturated rings. The zero-order valence-electron chi connectivity index (χ0n) is 12.0. The fraction of sp³-hybridized carbons (Fsp3) is 0.500. The van der Waals surface area contributed by atoms with Crippen LogP contribution < -0.4 is 27.6 Å². The van der Waals surface area contributed by atoms with Gasteiger partial charge in [-0.2, -0.15) is 4.57 Å². The molecule has 0 saturated heterocycles. The van der Waals surface area contributed by atoms with Crippen molar-refractivity contribution in [2.75, 3.05) is 20.3 Å². The van der Waals surface area contributed by atoms with Crippen molar-refractivity contribution in [1.29, 1.82) is 0 Å². The van der Waals surface area contributed by atoms with Gasteiger partial charge in [-0.05, 0) is 18.9 Å². The molecule has 1 aromatic rings. The number of carbonyl (C=O) groups excluding carboxylic acids is 2. The van der Waals surface area contributed by atoms with Crippen molar-refractivity contribution in [2.24, 2.45) is 0 Å². The van der Waals surface area contributed by atoms with Crippen LogP contribution in [0.15, 0.2) is 24.5 Å². The van der Waals surface area contributed by atoms with Gasteiger partial charge in [0.05, 0.1) is 6.61 Å². The van der Waals surface area contributed by atoms with Gasteiger partial charge in [0.25, 0.3) is 11.8 Å². The lowest BCUT2D eigenvalue weighted by atomic mass is 10.2. The summed E-state index contributed by atoms with van der Waals surface area (Å²) < 4.78 is 6.59. The van der Waals surface area contributed by atoms with Crippen molar-refractivity contribution < 1.29 is 31.3 Å². The Balaban J connectivity index is 0.00000220. The zero-order chi connectivity index (χ0) is 14.4. The van der Waals surface area contributed by atoms with Gasteiger partial charge in [0.1, 0.15) is 5.56 Å². The molecule has 1 heterocycles. The van der Waals surface area contributed by atoms with Gasteiger partial charge in [0.2, 0.25) is 6.54 Å². The van der Waals surface area contributed by atoms with Gasteiger partial charge < -0.3 is 27.8 Å². The summed E-state index contributed by atoms with van der Waals surface area (Å²) in [7, 11) is 1.58. The van der Waals surface area contributed by atoms with Crippen LogP contribution in [-0.2, 0) is 16.1 Å². The van der Waals surface area contributed by atoms with Crippen molar-refractivity contribution in [3.63, 3.8) is 0 Å². The third-order valence-corrected chi connectivity index (χ3v) is 2.98. The zero-order valence-corrected chi connectivity index (χ0v) is 12.7. The van der Waals surface area contributed by atoms with E-state index >= 15 is 0 Å². The van der Waals surface area contributed by atoms with Gasteiger partial charge in [0, 0.05) is 25.8 Å². The Bertz CT molecular complexity index is 492. The molecule has 1 saturated carbocycles. The molecule has 7 heteroatoms. The second-order valence-corrected chi connectivity index (χ2v) is 4.86. The number of methoxy groups -OCH3 is 1. The summed E-state index contributed by atoms with van der Waals surface area (Å²) in [5.41, 5.74) is 0.530. The van der Waals surface area contributed by atoms with E-state index in [1.165, 1.54) is 0 Å². The summed E-state index contributed by atoms with van der Waals surface area (Å²) in [5, 5.41) is 5.66. The third kappa shape index (κ3) is 6.10. The average Bonchev–Trinajstić information content (AvgIpc) is 3.23. The second-order valence-electron chi connectivity index (χ2n) is 4.86. The molecule has 0 unspecified atom stereocenters. The Morgan fingerprint density at radius 3 is 2.86 bits per heavy atom. The number of hydrogen-bond donors (Lipinski definition) is 2. The molecule has 1 aliphatic carbocycles. The molecule has 0 atom stereocenters. The van der Waals surface area contributed by atoms with Crippen LogP contribution in [0.2, 0.25) is 0 Å². The first kappa shape index (κ1) is 17.4. The summed E-state index contributed by atoms with van der Waals surface area (Å²) in [4.78, 5) is 23.6. The van der Waals surface area contributed by atoms with E-state index in [1.807, 2.05) is 0 Å². The standard InChI is InChI=1S/C14H19N3O3.ClH/c1-20-8-6-15-14(19)11-3-2-7-17(9-11)10-13(18)16-12-4-5-12;/h2-3,7,9,12H,4-6,8,10H2,1H3,(H-,15,16,18,19);1H. The Labute approximate surface area is 130 Å². The van der Waals surface area contributed by atoms with Crippen molar-refractivity contribution in [3.8, 4) is 0 Å². The normalized spacial score (nSPS) is 13.2. The van der Waals surface area contributed by atoms with Gasteiger partial charge in [-0.25, -0.2) is 0 Å². The highest BCUT2D eigenvalue weighted by Gasteiger charge is 2.24. The van der Waals surface area contributed by atoms with Gasteiger partial charge in [0.15, 0.2) is 12.4 Å². The molecule has 2 N–H and O–H groups in total. The van der Waals surface area contributed by atoms with E-state index < -0.39 is 0 Å². The quantitative estimate of drug-likeness (QED) is 0.408. The highest BCUT2D eigenvalue weighted by molar-refractivity contribution is 5.93. The van der Waals surface area contributed by atoms with Crippen LogP contribution in [0.5, 0.6) is 0 Å². The first-order chi connectivity index (χ1) is 9.69. The van der Waals surface area contributed by atoms with E-state index in [0.717, 1.165) is 12.8 Å². The van der Waals surface area contributed by atoms with Crippen LogP contribution >= 0.6 is 0 Å². The molecule has 0 radical (unpaired) electrons. The smallest absolute Gasteiger partial charge is 0.286 e. The lowest BCUT2D eigenvalue weighted by Crippen LogP contribution is -3.00. The summed E-state index contributed by atoms with van der Waals surface area (Å²) >= 11 is 0. The molecule has 0 spiro atoms. The molecule has 1 aromatic heterocycles. The molecule has 0 bridgehead atoms. The maximum Gasteiger partial charge on any atom is 0.286 e. The molecule has 0 aromatic carbocycles. The molecule has 1 aliphatic rings.